The van der Waals surface area contributed by atoms with Crippen molar-refractivity contribution >= 4 is 46.3 Å². The highest BCUT2D eigenvalue weighted by molar-refractivity contribution is 6.39. The van der Waals surface area contributed by atoms with Gasteiger partial charge in [-0.1, -0.05) is 35.3 Å². The van der Waals surface area contributed by atoms with Crippen molar-refractivity contribution in [3.63, 3.8) is 0 Å². The highest BCUT2D eigenvalue weighted by atomic mass is 35.5. The van der Waals surface area contributed by atoms with Crippen LogP contribution in [0.4, 0.5) is 17.2 Å². The van der Waals surface area contributed by atoms with Gasteiger partial charge in [-0.3, -0.25) is 4.79 Å². The van der Waals surface area contributed by atoms with E-state index in [9.17, 15) is 4.79 Å². The second kappa shape index (κ2) is 8.03. The fraction of sp³-hybridized carbons (Fsp3) is 0.0556. The number of benzene rings is 2. The first-order valence-corrected chi connectivity index (χ1v) is 8.32. The molecule has 0 bridgehead atoms. The minimum Gasteiger partial charge on any atom is -0.497 e. The average Bonchev–Trinajstić information content (AvgIpc) is 2.65. The van der Waals surface area contributed by atoms with E-state index in [0.717, 1.165) is 11.4 Å². The molecule has 0 unspecified atom stereocenters. The first-order valence-electron chi connectivity index (χ1n) is 7.57. The van der Waals surface area contributed by atoms with Crippen LogP contribution in [-0.4, -0.2) is 23.2 Å². The molecule has 3 rings (SSSR count). The van der Waals surface area contributed by atoms with Crippen molar-refractivity contribution in [2.24, 2.45) is 0 Å². The molecule has 0 radical (unpaired) electrons. The van der Waals surface area contributed by atoms with Gasteiger partial charge < -0.3 is 15.4 Å². The van der Waals surface area contributed by atoms with Crippen molar-refractivity contribution in [3.8, 4) is 5.75 Å². The molecule has 6 nitrogen and oxygen atoms in total. The summed E-state index contributed by atoms with van der Waals surface area (Å²) < 4.78 is 5.17. The van der Waals surface area contributed by atoms with Crippen LogP contribution in [0.5, 0.6) is 5.75 Å². The van der Waals surface area contributed by atoms with E-state index in [0.29, 0.717) is 21.6 Å². The van der Waals surface area contributed by atoms with Crippen LogP contribution in [0.25, 0.3) is 0 Å². The molecular formula is C18H14Cl2N4O2. The van der Waals surface area contributed by atoms with Crippen LogP contribution in [0, 0.1) is 0 Å². The van der Waals surface area contributed by atoms with Gasteiger partial charge in [0.05, 0.1) is 22.8 Å². The second-order valence-electron chi connectivity index (χ2n) is 5.21. The van der Waals surface area contributed by atoms with Crippen LogP contribution in [0.1, 0.15) is 10.5 Å². The molecule has 2 N–H and O–H groups in total. The molecule has 1 heterocycles. The molecule has 0 saturated carbocycles. The van der Waals surface area contributed by atoms with Gasteiger partial charge in [0.25, 0.3) is 5.91 Å². The number of hydrogen-bond donors (Lipinski definition) is 2. The van der Waals surface area contributed by atoms with E-state index in [1.807, 2.05) is 24.3 Å². The van der Waals surface area contributed by atoms with E-state index in [-0.39, 0.29) is 5.69 Å². The number of methoxy groups -OCH3 is 1. The monoisotopic (exact) mass is 388 g/mol. The Balaban J connectivity index is 1.71. The van der Waals surface area contributed by atoms with Crippen LogP contribution in [-0.2, 0) is 0 Å². The third-order valence-electron chi connectivity index (χ3n) is 3.44. The van der Waals surface area contributed by atoms with Crippen molar-refractivity contribution in [2.45, 2.75) is 0 Å². The molecule has 26 heavy (non-hydrogen) atoms. The van der Waals surface area contributed by atoms with Crippen molar-refractivity contribution in [1.82, 2.24) is 10.2 Å². The Bertz CT molecular complexity index is 912. The van der Waals surface area contributed by atoms with Gasteiger partial charge in [0.15, 0.2) is 11.5 Å². The zero-order valence-corrected chi connectivity index (χ0v) is 15.2. The summed E-state index contributed by atoms with van der Waals surface area (Å²) in [6, 6.07) is 15.5. The predicted octanol–water partition coefficient (Wildman–Crippen LogP) is 4.79. The lowest BCUT2D eigenvalue weighted by atomic mass is 10.3. The molecule has 0 atom stereocenters. The molecule has 0 aliphatic carbocycles. The van der Waals surface area contributed by atoms with E-state index in [1.54, 1.807) is 37.4 Å². The molecular weight excluding hydrogens is 375 g/mol. The summed E-state index contributed by atoms with van der Waals surface area (Å²) in [5, 5.41) is 14.3. The molecule has 1 amide bonds. The maximum absolute atomic E-state index is 12.3. The lowest BCUT2D eigenvalue weighted by molar-refractivity contribution is 0.102. The van der Waals surface area contributed by atoms with Gasteiger partial charge in [0.2, 0.25) is 0 Å². The number of aromatic nitrogens is 2. The lowest BCUT2D eigenvalue weighted by Crippen LogP contribution is -2.15. The molecule has 8 heteroatoms. The third kappa shape index (κ3) is 4.22. The molecule has 3 aromatic rings. The zero-order valence-electron chi connectivity index (χ0n) is 13.7. The lowest BCUT2D eigenvalue weighted by Gasteiger charge is -2.09. The van der Waals surface area contributed by atoms with E-state index in [1.165, 1.54) is 0 Å². The largest absolute Gasteiger partial charge is 0.497 e. The Hall–Kier alpha value is -2.83. The molecule has 0 aliphatic heterocycles. The molecule has 0 saturated heterocycles. The Morgan fingerprint density at radius 3 is 2.38 bits per heavy atom. The first-order chi connectivity index (χ1) is 12.6. The quantitative estimate of drug-likeness (QED) is 0.656. The summed E-state index contributed by atoms with van der Waals surface area (Å²) in [6.45, 7) is 0. The topological polar surface area (TPSA) is 76.1 Å². The maximum Gasteiger partial charge on any atom is 0.276 e. The average molecular weight is 389 g/mol. The number of carbonyl (C=O) groups is 1. The van der Waals surface area contributed by atoms with E-state index in [2.05, 4.69) is 20.8 Å². The standard InChI is InChI=1S/C18H14Cl2N4O2/c1-26-12-5-2-4-11(10-12)21-16-9-8-15(23-24-16)18(25)22-17-13(19)6-3-7-14(17)20/h2-10H,1H3,(H,21,24)(H,22,25). The van der Waals surface area contributed by atoms with Gasteiger partial charge in [-0.05, 0) is 36.4 Å². The Labute approximate surface area is 160 Å². The number of carbonyl (C=O) groups excluding carboxylic acids is 1. The first kappa shape index (κ1) is 18.0. The van der Waals surface area contributed by atoms with Gasteiger partial charge >= 0.3 is 0 Å². The SMILES string of the molecule is COc1cccc(Nc2ccc(C(=O)Nc3c(Cl)cccc3Cl)nn2)c1. The smallest absolute Gasteiger partial charge is 0.276 e. The normalized spacial score (nSPS) is 10.3. The highest BCUT2D eigenvalue weighted by Crippen LogP contribution is 2.30. The summed E-state index contributed by atoms with van der Waals surface area (Å²) in [4.78, 5) is 12.3. The van der Waals surface area contributed by atoms with Gasteiger partial charge in [-0.25, -0.2) is 0 Å². The zero-order chi connectivity index (χ0) is 18.5. The number of nitrogens with zero attached hydrogens (tertiary/aromatic N) is 2. The number of halogens is 2. The molecule has 0 aliphatic rings. The van der Waals surface area contributed by atoms with Gasteiger partial charge in [0, 0.05) is 11.8 Å². The Morgan fingerprint density at radius 2 is 1.73 bits per heavy atom. The highest BCUT2D eigenvalue weighted by Gasteiger charge is 2.13. The minimum atomic E-state index is -0.458. The van der Waals surface area contributed by atoms with Crippen molar-refractivity contribution in [1.29, 1.82) is 0 Å². The van der Waals surface area contributed by atoms with Gasteiger partial charge in [0.1, 0.15) is 5.75 Å². The summed E-state index contributed by atoms with van der Waals surface area (Å²) in [5.74, 6) is 0.751. The van der Waals surface area contributed by atoms with Crippen molar-refractivity contribution in [3.05, 3.63) is 70.3 Å². The Morgan fingerprint density at radius 1 is 1.00 bits per heavy atom. The molecule has 0 spiro atoms. The van der Waals surface area contributed by atoms with Crippen LogP contribution in [0.3, 0.4) is 0 Å². The maximum atomic E-state index is 12.3. The number of ether oxygens (including phenoxy) is 1. The molecule has 2 aromatic carbocycles. The molecule has 132 valence electrons. The van der Waals surface area contributed by atoms with Crippen molar-refractivity contribution in [2.75, 3.05) is 17.7 Å². The third-order valence-corrected chi connectivity index (χ3v) is 4.07. The van der Waals surface area contributed by atoms with Crippen LogP contribution in [0.15, 0.2) is 54.6 Å². The van der Waals surface area contributed by atoms with Crippen molar-refractivity contribution < 1.29 is 9.53 Å². The van der Waals surface area contributed by atoms with E-state index in [4.69, 9.17) is 27.9 Å². The van der Waals surface area contributed by atoms with Gasteiger partial charge in [-0.2, -0.15) is 0 Å². The number of rotatable bonds is 5. The summed E-state index contributed by atoms with van der Waals surface area (Å²) in [6.07, 6.45) is 0. The summed E-state index contributed by atoms with van der Waals surface area (Å²) in [5.41, 5.74) is 1.26. The second-order valence-corrected chi connectivity index (χ2v) is 6.03. The summed E-state index contributed by atoms with van der Waals surface area (Å²) in [7, 11) is 1.59. The number of para-hydroxylation sites is 1. The summed E-state index contributed by atoms with van der Waals surface area (Å²) >= 11 is 12.1. The molecule has 1 aromatic heterocycles. The Kier molecular flexibility index (Phi) is 5.55. The van der Waals surface area contributed by atoms with E-state index < -0.39 is 5.91 Å². The number of amides is 1. The molecule has 0 fully saturated rings. The van der Waals surface area contributed by atoms with Crippen LogP contribution in [0.2, 0.25) is 10.0 Å². The van der Waals surface area contributed by atoms with Gasteiger partial charge in [-0.15, -0.1) is 10.2 Å². The fourth-order valence-electron chi connectivity index (χ4n) is 2.16. The van der Waals surface area contributed by atoms with Crippen LogP contribution >= 0.6 is 23.2 Å². The number of anilines is 3. The fourth-order valence-corrected chi connectivity index (χ4v) is 2.66. The predicted molar refractivity (Wildman–Crippen MR) is 103 cm³/mol. The number of hydrogen-bond acceptors (Lipinski definition) is 5. The number of nitrogens with one attached hydrogen (secondary N) is 2. The van der Waals surface area contributed by atoms with E-state index >= 15 is 0 Å². The van der Waals surface area contributed by atoms with Crippen LogP contribution < -0.4 is 15.4 Å². The minimum absolute atomic E-state index is 0.136.